The van der Waals surface area contributed by atoms with Crippen LogP contribution in [0.25, 0.3) is 6.08 Å². The summed E-state index contributed by atoms with van der Waals surface area (Å²) in [5.74, 6) is 2.01. The predicted octanol–water partition coefficient (Wildman–Crippen LogP) is 2.02. The molecule has 0 fully saturated rings. The lowest BCUT2D eigenvalue weighted by Gasteiger charge is -2.07. The van der Waals surface area contributed by atoms with Crippen LogP contribution in [0, 0.1) is 10.1 Å². The van der Waals surface area contributed by atoms with Gasteiger partial charge in [0, 0.05) is 25.4 Å². The van der Waals surface area contributed by atoms with Gasteiger partial charge in [0.2, 0.25) is 0 Å². The summed E-state index contributed by atoms with van der Waals surface area (Å²) >= 11 is 1.72. The molecule has 0 amide bonds. The standard InChI is InChI=1S/C13H22N4O3S.C9H8O4/c1-14-13(9-17(18)19)15-6-7-21-10-12-5-4-11(20-12)8-16(2)3;10-7-3-1-6(5-8(7)11)2-4-9(12)13/h4-5,9,14-15H,6-8,10H2,1-3H3;1-5,10-11H,(H,12,13)/p-1/b;4-2+. The lowest BCUT2D eigenvalue weighted by atomic mass is 10.2. The molecule has 2 rings (SSSR count). The first-order valence-corrected chi connectivity index (χ1v) is 11.2. The third kappa shape index (κ3) is 12.4. The highest BCUT2D eigenvalue weighted by atomic mass is 32.2. The van der Waals surface area contributed by atoms with Gasteiger partial charge in [-0.05, 0) is 43.9 Å². The van der Waals surface area contributed by atoms with Crippen molar-refractivity contribution in [1.29, 1.82) is 0 Å². The average molecular weight is 494 g/mol. The molecule has 34 heavy (non-hydrogen) atoms. The van der Waals surface area contributed by atoms with Crippen molar-refractivity contribution in [1.82, 2.24) is 15.5 Å². The van der Waals surface area contributed by atoms with Gasteiger partial charge < -0.3 is 35.3 Å². The van der Waals surface area contributed by atoms with Crippen molar-refractivity contribution in [2.45, 2.75) is 12.3 Å². The fourth-order valence-electron chi connectivity index (χ4n) is 2.44. The van der Waals surface area contributed by atoms with Crippen LogP contribution < -0.4 is 15.7 Å². The van der Waals surface area contributed by atoms with Gasteiger partial charge >= 0.3 is 5.97 Å². The first kappa shape index (κ1) is 28.4. The number of nitro groups is 1. The molecule has 1 aromatic heterocycles. The Labute approximate surface area is 201 Å². The maximum atomic E-state index is 10.7. The summed E-state index contributed by atoms with van der Waals surface area (Å²) in [6, 6.07) is 7.80. The number of nitrogens with zero attached hydrogens (tertiary/aromatic N) is 2. The van der Waals surface area contributed by atoms with E-state index in [2.05, 4.69) is 15.5 Å². The van der Waals surface area contributed by atoms with Crippen LogP contribution >= 0.6 is 11.8 Å². The number of benzene rings is 1. The molecule has 186 valence electrons. The Hall–Kier alpha value is -3.64. The fraction of sp³-hybridized carbons (Fsp3) is 0.318. The fourth-order valence-corrected chi connectivity index (χ4v) is 3.18. The second-order valence-corrected chi connectivity index (χ2v) is 8.17. The summed E-state index contributed by atoms with van der Waals surface area (Å²) in [6.45, 7) is 1.44. The number of aromatic hydroxyl groups is 1. The number of carboxylic acids is 1. The second-order valence-electron chi connectivity index (χ2n) is 7.06. The number of phenolic OH excluding ortho intramolecular Hbond substituents is 1. The predicted molar refractivity (Wildman–Crippen MR) is 129 cm³/mol. The Kier molecular flexibility index (Phi) is 12.7. The zero-order valence-electron chi connectivity index (χ0n) is 19.2. The van der Waals surface area contributed by atoms with Gasteiger partial charge in [-0.15, -0.1) is 0 Å². The van der Waals surface area contributed by atoms with E-state index < -0.39 is 16.6 Å². The van der Waals surface area contributed by atoms with E-state index in [1.54, 1.807) is 18.8 Å². The molecule has 0 atom stereocenters. The van der Waals surface area contributed by atoms with E-state index in [-0.39, 0.29) is 5.75 Å². The van der Waals surface area contributed by atoms with E-state index in [0.29, 0.717) is 17.9 Å². The van der Waals surface area contributed by atoms with Crippen LogP contribution in [0.5, 0.6) is 11.5 Å². The van der Waals surface area contributed by atoms with Crippen LogP contribution in [-0.4, -0.2) is 59.4 Å². The molecule has 0 bridgehead atoms. The van der Waals surface area contributed by atoms with Crippen molar-refractivity contribution >= 4 is 23.8 Å². The molecule has 0 unspecified atom stereocenters. The summed E-state index contributed by atoms with van der Waals surface area (Å²) in [6.07, 6.45) is 3.14. The van der Waals surface area contributed by atoms with E-state index in [4.69, 9.17) is 14.6 Å². The maximum absolute atomic E-state index is 10.7. The summed E-state index contributed by atoms with van der Waals surface area (Å²) in [7, 11) is 5.64. The molecule has 0 saturated carbocycles. The van der Waals surface area contributed by atoms with E-state index >= 15 is 0 Å². The normalized spacial score (nSPS) is 11.2. The molecule has 4 N–H and O–H groups in total. The second kappa shape index (κ2) is 15.2. The van der Waals surface area contributed by atoms with Crippen LogP contribution in [0.15, 0.2) is 52.8 Å². The Bertz CT molecular complexity index is 989. The van der Waals surface area contributed by atoms with E-state index in [1.807, 2.05) is 26.2 Å². The molecule has 1 aromatic carbocycles. The minimum Gasteiger partial charge on any atom is -0.870 e. The number of rotatable bonds is 12. The molecule has 0 aliphatic heterocycles. The largest absolute Gasteiger partial charge is 0.870 e. The average Bonchev–Trinajstić information content (AvgIpc) is 3.20. The number of carboxylic acid groups (broad SMARTS) is 1. The molecule has 11 nitrogen and oxygen atoms in total. The van der Waals surface area contributed by atoms with Crippen molar-refractivity contribution < 1.29 is 29.5 Å². The number of nitrogens with one attached hydrogen (secondary N) is 2. The zero-order valence-corrected chi connectivity index (χ0v) is 20.0. The Morgan fingerprint density at radius 1 is 1.26 bits per heavy atom. The number of aliphatic carboxylic acids is 1. The van der Waals surface area contributed by atoms with Gasteiger partial charge in [0.15, 0.2) is 5.82 Å². The van der Waals surface area contributed by atoms with Crippen molar-refractivity contribution in [3.63, 3.8) is 0 Å². The highest BCUT2D eigenvalue weighted by Crippen LogP contribution is 2.22. The lowest BCUT2D eigenvalue weighted by Crippen LogP contribution is -2.26. The number of hydrogen-bond acceptors (Lipinski definition) is 10. The molecular formula is C22H29N4O7S-. The van der Waals surface area contributed by atoms with Crippen LogP contribution in [0.2, 0.25) is 0 Å². The topological polar surface area (TPSA) is 164 Å². The summed E-state index contributed by atoms with van der Waals surface area (Å²) in [5, 5.41) is 44.0. The van der Waals surface area contributed by atoms with E-state index in [9.17, 15) is 20.0 Å². The quantitative estimate of drug-likeness (QED) is 0.148. The highest BCUT2D eigenvalue weighted by molar-refractivity contribution is 7.98. The van der Waals surface area contributed by atoms with Crippen molar-refractivity contribution in [2.24, 2.45) is 0 Å². The number of carbonyl (C=O) groups is 1. The van der Waals surface area contributed by atoms with Gasteiger partial charge in [-0.3, -0.25) is 10.1 Å². The molecule has 0 spiro atoms. The number of thioether (sulfide) groups is 1. The number of phenols is 1. The summed E-state index contributed by atoms with van der Waals surface area (Å²) in [4.78, 5) is 22.0. The minimum atomic E-state index is -1.08. The van der Waals surface area contributed by atoms with Crippen molar-refractivity contribution in [2.75, 3.05) is 33.4 Å². The molecular weight excluding hydrogens is 464 g/mol. The van der Waals surface area contributed by atoms with Gasteiger partial charge in [-0.25, -0.2) is 4.79 Å². The van der Waals surface area contributed by atoms with Crippen LogP contribution in [0.3, 0.4) is 0 Å². The maximum Gasteiger partial charge on any atom is 0.328 e. The summed E-state index contributed by atoms with van der Waals surface area (Å²) in [5.41, 5.74) is 0.472. The molecule has 12 heteroatoms. The third-order valence-electron chi connectivity index (χ3n) is 3.90. The van der Waals surface area contributed by atoms with Crippen molar-refractivity contribution in [3.05, 3.63) is 75.6 Å². The molecule has 1 heterocycles. The van der Waals surface area contributed by atoms with E-state index in [0.717, 1.165) is 41.8 Å². The SMILES string of the molecule is CNC(=C[N+](=O)[O-])NCCSCc1ccc(CN(C)C)o1.O=C(O)/C=C/c1ccc([O-])c(O)c1. The first-order valence-electron chi connectivity index (χ1n) is 10.1. The van der Waals surface area contributed by atoms with Crippen LogP contribution in [0.1, 0.15) is 17.1 Å². The summed E-state index contributed by atoms with van der Waals surface area (Å²) < 4.78 is 5.70. The van der Waals surface area contributed by atoms with Gasteiger partial charge in [0.25, 0.3) is 6.20 Å². The lowest BCUT2D eigenvalue weighted by molar-refractivity contribution is -0.404. The Morgan fingerprint density at radius 2 is 1.97 bits per heavy atom. The Balaban J connectivity index is 0.000000380. The monoisotopic (exact) mass is 493 g/mol. The number of furan rings is 1. The van der Waals surface area contributed by atoms with Gasteiger partial charge in [0.05, 0.1) is 17.2 Å². The van der Waals surface area contributed by atoms with Crippen molar-refractivity contribution in [3.8, 4) is 11.5 Å². The molecule has 0 aliphatic carbocycles. The number of hydrogen-bond donors (Lipinski definition) is 4. The molecule has 0 saturated heterocycles. The Morgan fingerprint density at radius 3 is 2.56 bits per heavy atom. The van der Waals surface area contributed by atoms with Crippen LogP contribution in [-0.2, 0) is 17.1 Å². The molecule has 2 aromatic rings. The van der Waals surface area contributed by atoms with Gasteiger partial charge in [0.1, 0.15) is 17.3 Å². The zero-order chi connectivity index (χ0) is 25.5. The van der Waals surface area contributed by atoms with Crippen LogP contribution in [0.4, 0.5) is 0 Å². The van der Waals surface area contributed by atoms with Gasteiger partial charge in [-0.1, -0.05) is 17.9 Å². The van der Waals surface area contributed by atoms with E-state index in [1.165, 1.54) is 24.3 Å². The molecule has 0 aliphatic rings. The van der Waals surface area contributed by atoms with Gasteiger partial charge in [-0.2, -0.15) is 11.8 Å². The third-order valence-corrected chi connectivity index (χ3v) is 4.88. The highest BCUT2D eigenvalue weighted by Gasteiger charge is 2.04. The minimum absolute atomic E-state index is 0.382. The molecule has 0 radical (unpaired) electrons. The first-order chi connectivity index (χ1) is 16.1. The smallest absolute Gasteiger partial charge is 0.328 e.